The molecule has 0 atom stereocenters. The molecule has 0 aliphatic heterocycles. The molecule has 18 heavy (non-hydrogen) atoms. The highest BCUT2D eigenvalue weighted by Gasteiger charge is 1.97. The Morgan fingerprint density at radius 3 is 2.39 bits per heavy atom. The van der Waals surface area contributed by atoms with Crippen LogP contribution in [0.2, 0.25) is 0 Å². The first-order valence-corrected chi connectivity index (χ1v) is 7.53. The van der Waals surface area contributed by atoms with E-state index >= 15 is 0 Å². The largest absolute Gasteiger partial charge is 0.314 e. The average Bonchev–Trinajstić information content (AvgIpc) is 2.81. The summed E-state index contributed by atoms with van der Waals surface area (Å²) in [6.07, 6.45) is 13.1. The topological polar surface area (TPSA) is 29.9 Å². The second-order valence-corrected chi connectivity index (χ2v) is 5.08. The number of rotatable bonds is 11. The zero-order chi connectivity index (χ0) is 13.1. The smallest absolute Gasteiger partial charge is 0.0762 e. The van der Waals surface area contributed by atoms with E-state index in [1.165, 1.54) is 51.4 Å². The molecule has 1 aromatic heterocycles. The van der Waals surface area contributed by atoms with Gasteiger partial charge in [0, 0.05) is 19.3 Å². The number of unbranched alkanes of at least 4 members (excludes halogenated alkanes) is 7. The molecule has 0 aliphatic carbocycles. The molecule has 0 unspecified atom stereocenters. The molecule has 3 heteroatoms. The van der Waals surface area contributed by atoms with Gasteiger partial charge in [-0.15, -0.1) is 0 Å². The molecule has 1 heterocycles. The average molecular weight is 251 g/mol. The summed E-state index contributed by atoms with van der Waals surface area (Å²) in [6, 6.07) is 2.10. The molecule has 0 amide bonds. The fraction of sp³-hybridized carbons (Fsp3) is 0.800. The Kier molecular flexibility index (Phi) is 8.57. The fourth-order valence-corrected chi connectivity index (χ4v) is 2.21. The molecule has 0 aromatic carbocycles. The van der Waals surface area contributed by atoms with Crippen molar-refractivity contribution in [3.8, 4) is 0 Å². The summed E-state index contributed by atoms with van der Waals surface area (Å²) in [5.41, 5.74) is 1.14. The van der Waals surface area contributed by atoms with Crippen molar-refractivity contribution in [2.24, 2.45) is 0 Å². The number of nitrogens with zero attached hydrogens (tertiary/aromatic N) is 2. The van der Waals surface area contributed by atoms with Crippen molar-refractivity contribution in [2.45, 2.75) is 71.4 Å². The number of aryl methyl sites for hydroxylation is 1. The predicted octanol–water partition coefficient (Wildman–Crippen LogP) is 3.74. The predicted molar refractivity (Wildman–Crippen MR) is 77.6 cm³/mol. The van der Waals surface area contributed by atoms with E-state index in [0.717, 1.165) is 18.8 Å². The van der Waals surface area contributed by atoms with Crippen LogP contribution in [-0.4, -0.2) is 16.8 Å². The highest BCUT2D eigenvalue weighted by Crippen LogP contribution is 2.09. The minimum absolute atomic E-state index is 0.866. The van der Waals surface area contributed by atoms with Gasteiger partial charge in [-0.25, -0.2) is 0 Å². The first kappa shape index (κ1) is 15.2. The van der Waals surface area contributed by atoms with E-state index in [0.29, 0.717) is 0 Å². The summed E-state index contributed by atoms with van der Waals surface area (Å²) < 4.78 is 2.07. The van der Waals surface area contributed by atoms with E-state index in [4.69, 9.17) is 0 Å². The summed E-state index contributed by atoms with van der Waals surface area (Å²) in [4.78, 5) is 0. The van der Waals surface area contributed by atoms with Crippen LogP contribution in [0, 0.1) is 0 Å². The van der Waals surface area contributed by atoms with Crippen molar-refractivity contribution in [1.29, 1.82) is 0 Å². The molecule has 0 radical (unpaired) electrons. The van der Waals surface area contributed by atoms with Crippen molar-refractivity contribution < 1.29 is 0 Å². The highest BCUT2D eigenvalue weighted by molar-refractivity contribution is 4.97. The summed E-state index contributed by atoms with van der Waals surface area (Å²) in [5.74, 6) is 0. The van der Waals surface area contributed by atoms with Gasteiger partial charge < -0.3 is 5.32 Å². The van der Waals surface area contributed by atoms with Gasteiger partial charge in [0.25, 0.3) is 0 Å². The lowest BCUT2D eigenvalue weighted by atomic mass is 10.1. The standard InChI is InChI=1S/C15H29N3/c1-3-4-5-6-7-8-9-10-12-18-13-11-15(17-18)14-16-2/h11,13,16H,3-10,12,14H2,1-2H3. The zero-order valence-corrected chi connectivity index (χ0v) is 12.1. The minimum Gasteiger partial charge on any atom is -0.314 e. The molecule has 0 aliphatic rings. The molecule has 1 rings (SSSR count). The van der Waals surface area contributed by atoms with Crippen molar-refractivity contribution in [1.82, 2.24) is 15.1 Å². The van der Waals surface area contributed by atoms with E-state index in [9.17, 15) is 0 Å². The molecular weight excluding hydrogens is 222 g/mol. The third kappa shape index (κ3) is 6.80. The Bertz CT molecular complexity index is 294. The summed E-state index contributed by atoms with van der Waals surface area (Å²) in [5, 5.41) is 7.63. The van der Waals surface area contributed by atoms with Gasteiger partial charge in [0.1, 0.15) is 0 Å². The van der Waals surface area contributed by atoms with E-state index in [2.05, 4.69) is 34.3 Å². The maximum Gasteiger partial charge on any atom is 0.0762 e. The van der Waals surface area contributed by atoms with Gasteiger partial charge >= 0.3 is 0 Å². The van der Waals surface area contributed by atoms with Crippen LogP contribution in [-0.2, 0) is 13.1 Å². The maximum absolute atomic E-state index is 4.51. The van der Waals surface area contributed by atoms with Crippen molar-refractivity contribution in [2.75, 3.05) is 7.05 Å². The first-order valence-electron chi connectivity index (χ1n) is 7.53. The van der Waals surface area contributed by atoms with Gasteiger partial charge in [-0.05, 0) is 19.5 Å². The van der Waals surface area contributed by atoms with Crippen LogP contribution in [0.4, 0.5) is 0 Å². The summed E-state index contributed by atoms with van der Waals surface area (Å²) in [7, 11) is 1.96. The van der Waals surface area contributed by atoms with Crippen molar-refractivity contribution in [3.63, 3.8) is 0 Å². The SMILES string of the molecule is CCCCCCCCCCn1ccc(CNC)n1. The molecule has 0 bridgehead atoms. The second-order valence-electron chi connectivity index (χ2n) is 5.08. The molecule has 3 nitrogen and oxygen atoms in total. The minimum atomic E-state index is 0.866. The lowest BCUT2D eigenvalue weighted by Crippen LogP contribution is -2.07. The van der Waals surface area contributed by atoms with Gasteiger partial charge in [0.15, 0.2) is 0 Å². The molecule has 0 fully saturated rings. The highest BCUT2D eigenvalue weighted by atomic mass is 15.3. The van der Waals surface area contributed by atoms with E-state index in [-0.39, 0.29) is 0 Å². The zero-order valence-electron chi connectivity index (χ0n) is 12.1. The first-order chi connectivity index (χ1) is 8.86. The van der Waals surface area contributed by atoms with E-state index < -0.39 is 0 Å². The van der Waals surface area contributed by atoms with Crippen LogP contribution >= 0.6 is 0 Å². The molecule has 0 saturated carbocycles. The van der Waals surface area contributed by atoms with Gasteiger partial charge in [0.05, 0.1) is 5.69 Å². The lowest BCUT2D eigenvalue weighted by Gasteiger charge is -2.02. The molecule has 104 valence electrons. The number of nitrogens with one attached hydrogen (secondary N) is 1. The Balaban J connectivity index is 1.96. The molecule has 1 N–H and O–H groups in total. The number of aromatic nitrogens is 2. The van der Waals surface area contributed by atoms with Crippen LogP contribution in [0.25, 0.3) is 0 Å². The third-order valence-electron chi connectivity index (χ3n) is 3.29. The van der Waals surface area contributed by atoms with E-state index in [1.807, 2.05) is 7.05 Å². The molecule has 1 aromatic rings. The molecular formula is C15H29N3. The van der Waals surface area contributed by atoms with Crippen LogP contribution in [0.1, 0.15) is 64.0 Å². The van der Waals surface area contributed by atoms with Crippen molar-refractivity contribution >= 4 is 0 Å². The van der Waals surface area contributed by atoms with Gasteiger partial charge in [-0.1, -0.05) is 51.9 Å². The van der Waals surface area contributed by atoms with Crippen LogP contribution in [0.15, 0.2) is 12.3 Å². The number of hydrogen-bond acceptors (Lipinski definition) is 2. The second kappa shape index (κ2) is 10.1. The Labute approximate surface area is 112 Å². The molecule has 0 spiro atoms. The van der Waals surface area contributed by atoms with Crippen LogP contribution in [0.5, 0.6) is 0 Å². The Morgan fingerprint density at radius 1 is 1.06 bits per heavy atom. The van der Waals surface area contributed by atoms with Crippen molar-refractivity contribution in [3.05, 3.63) is 18.0 Å². The van der Waals surface area contributed by atoms with Crippen LogP contribution < -0.4 is 5.32 Å². The summed E-state index contributed by atoms with van der Waals surface area (Å²) in [6.45, 7) is 4.20. The number of hydrogen-bond donors (Lipinski definition) is 1. The van der Waals surface area contributed by atoms with Gasteiger partial charge in [0.2, 0.25) is 0 Å². The Morgan fingerprint density at radius 2 is 1.72 bits per heavy atom. The summed E-state index contributed by atoms with van der Waals surface area (Å²) >= 11 is 0. The molecule has 0 saturated heterocycles. The van der Waals surface area contributed by atoms with E-state index in [1.54, 1.807) is 0 Å². The Hall–Kier alpha value is -0.830. The maximum atomic E-state index is 4.51. The van der Waals surface area contributed by atoms with Crippen LogP contribution in [0.3, 0.4) is 0 Å². The van der Waals surface area contributed by atoms with Gasteiger partial charge in [-0.2, -0.15) is 5.10 Å². The normalized spacial score (nSPS) is 11.0. The van der Waals surface area contributed by atoms with Gasteiger partial charge in [-0.3, -0.25) is 4.68 Å². The quantitative estimate of drug-likeness (QED) is 0.607. The fourth-order valence-electron chi connectivity index (χ4n) is 2.21. The lowest BCUT2D eigenvalue weighted by molar-refractivity contribution is 0.516. The third-order valence-corrected chi connectivity index (χ3v) is 3.29. The monoisotopic (exact) mass is 251 g/mol.